The number of aliphatic imine (C=N–C) groups is 1. The molecule has 1 aromatic carbocycles. The van der Waals surface area contributed by atoms with E-state index in [1.54, 1.807) is 25.5 Å². The largest absolute Gasteiger partial charge is 0.493 e. The number of guanidine groups is 1. The van der Waals surface area contributed by atoms with Crippen LogP contribution >= 0.6 is 35.3 Å². The van der Waals surface area contributed by atoms with Crippen LogP contribution in [0, 0.1) is 13.8 Å². The first kappa shape index (κ1) is 21.5. The van der Waals surface area contributed by atoms with Crippen molar-refractivity contribution < 1.29 is 9.47 Å². The predicted molar refractivity (Wildman–Crippen MR) is 115 cm³/mol. The molecule has 0 saturated heterocycles. The molecule has 8 heteroatoms. The van der Waals surface area contributed by atoms with Gasteiger partial charge in [0.25, 0.3) is 0 Å². The predicted octanol–water partition coefficient (Wildman–Crippen LogP) is 3.97. The first-order valence-corrected chi connectivity index (χ1v) is 8.60. The summed E-state index contributed by atoms with van der Waals surface area (Å²) >= 11 is 1.69. The molecule has 0 fully saturated rings. The van der Waals surface area contributed by atoms with Gasteiger partial charge in [-0.25, -0.2) is 4.98 Å². The quantitative estimate of drug-likeness (QED) is 0.375. The topological polar surface area (TPSA) is 67.8 Å². The van der Waals surface area contributed by atoms with E-state index in [1.807, 2.05) is 39.0 Å². The molecule has 1 heterocycles. The second kappa shape index (κ2) is 10.4. The molecule has 0 amide bonds. The van der Waals surface area contributed by atoms with Gasteiger partial charge in [0.05, 0.1) is 31.0 Å². The lowest BCUT2D eigenvalue weighted by Gasteiger charge is -2.14. The first-order chi connectivity index (χ1) is 11.6. The van der Waals surface area contributed by atoms with Crippen molar-refractivity contribution in [2.75, 3.05) is 26.1 Å². The van der Waals surface area contributed by atoms with E-state index in [2.05, 4.69) is 20.6 Å². The molecular weight excluding hydrogens is 451 g/mol. The number of ether oxygens (including phenoxy) is 2. The van der Waals surface area contributed by atoms with Crippen LogP contribution in [0.25, 0.3) is 0 Å². The second-order valence-electron chi connectivity index (χ2n) is 5.09. The number of thiazole rings is 1. The van der Waals surface area contributed by atoms with Gasteiger partial charge in [0.2, 0.25) is 0 Å². The Morgan fingerprint density at radius 3 is 2.60 bits per heavy atom. The van der Waals surface area contributed by atoms with Gasteiger partial charge in [-0.1, -0.05) is 0 Å². The fourth-order valence-electron chi connectivity index (χ4n) is 2.24. The highest BCUT2D eigenvalue weighted by Gasteiger charge is 2.08. The number of halogens is 1. The van der Waals surface area contributed by atoms with Gasteiger partial charge < -0.3 is 20.1 Å². The number of nitrogens with one attached hydrogen (secondary N) is 2. The molecule has 0 aliphatic rings. The fourth-order valence-corrected chi connectivity index (χ4v) is 3.12. The highest BCUT2D eigenvalue weighted by Crippen LogP contribution is 2.30. The molecule has 0 saturated carbocycles. The minimum atomic E-state index is 0. The lowest BCUT2D eigenvalue weighted by atomic mass is 10.2. The Morgan fingerprint density at radius 2 is 2.04 bits per heavy atom. The van der Waals surface area contributed by atoms with Crippen LogP contribution in [-0.2, 0) is 6.54 Å². The van der Waals surface area contributed by atoms with Crippen LogP contribution in [0.4, 0.5) is 5.69 Å². The Labute approximate surface area is 170 Å². The van der Waals surface area contributed by atoms with E-state index in [1.165, 1.54) is 4.88 Å². The number of aryl methyl sites for hydroxylation is 2. The van der Waals surface area contributed by atoms with Crippen LogP contribution in [0.15, 0.2) is 23.2 Å². The zero-order valence-electron chi connectivity index (χ0n) is 15.2. The Balaban J connectivity index is 0.00000312. The number of methoxy groups -OCH3 is 1. The molecule has 138 valence electrons. The first-order valence-electron chi connectivity index (χ1n) is 7.78. The molecule has 6 nitrogen and oxygen atoms in total. The number of rotatable bonds is 6. The number of hydrogen-bond acceptors (Lipinski definition) is 5. The molecule has 0 spiro atoms. The minimum Gasteiger partial charge on any atom is -0.493 e. The third-order valence-electron chi connectivity index (χ3n) is 3.37. The van der Waals surface area contributed by atoms with Gasteiger partial charge in [0, 0.05) is 23.7 Å². The fraction of sp³-hybridized carbons (Fsp3) is 0.412. The lowest BCUT2D eigenvalue weighted by Crippen LogP contribution is -2.30. The molecular formula is C17H25IN4O2S. The monoisotopic (exact) mass is 476 g/mol. The Morgan fingerprint density at radius 1 is 1.28 bits per heavy atom. The lowest BCUT2D eigenvalue weighted by molar-refractivity contribution is 0.311. The standard InChI is InChI=1S/C17H24N4O2S.HI/c1-6-23-15-9-13(7-8-14(15)22-5)21-17(18-4)19-10-16-11(2)20-12(3)24-16;/h7-9H,6,10H2,1-5H3,(H2,18,19,21);1H. The van der Waals surface area contributed by atoms with Crippen molar-refractivity contribution in [2.45, 2.75) is 27.3 Å². The van der Waals surface area contributed by atoms with E-state index < -0.39 is 0 Å². The Hall–Kier alpha value is -1.55. The summed E-state index contributed by atoms with van der Waals surface area (Å²) in [6, 6.07) is 5.70. The van der Waals surface area contributed by atoms with Crippen molar-refractivity contribution in [1.82, 2.24) is 10.3 Å². The summed E-state index contributed by atoms with van der Waals surface area (Å²) in [6.45, 7) is 7.25. The molecule has 2 rings (SSSR count). The maximum absolute atomic E-state index is 5.60. The normalized spacial score (nSPS) is 10.8. The molecule has 0 unspecified atom stereocenters. The number of hydrogen-bond donors (Lipinski definition) is 2. The van der Waals surface area contributed by atoms with Gasteiger partial charge >= 0.3 is 0 Å². The van der Waals surface area contributed by atoms with Crippen LogP contribution in [0.2, 0.25) is 0 Å². The van der Waals surface area contributed by atoms with Crippen molar-refractivity contribution in [2.24, 2.45) is 4.99 Å². The number of anilines is 1. The summed E-state index contributed by atoms with van der Waals surface area (Å²) < 4.78 is 10.9. The third kappa shape index (κ3) is 6.03. The second-order valence-corrected chi connectivity index (χ2v) is 6.38. The van der Waals surface area contributed by atoms with E-state index in [9.17, 15) is 0 Å². The van der Waals surface area contributed by atoms with Crippen LogP contribution in [0.3, 0.4) is 0 Å². The summed E-state index contributed by atoms with van der Waals surface area (Å²) in [4.78, 5) is 9.91. The summed E-state index contributed by atoms with van der Waals surface area (Å²) in [6.07, 6.45) is 0. The Bertz CT molecular complexity index is 719. The van der Waals surface area contributed by atoms with Gasteiger partial charge in [-0.3, -0.25) is 4.99 Å². The SMILES string of the molecule is CCOc1cc(NC(=NC)NCc2sc(C)nc2C)ccc1OC.I. The summed E-state index contributed by atoms with van der Waals surface area (Å²) in [5.74, 6) is 2.10. The maximum atomic E-state index is 5.60. The molecule has 0 aliphatic heterocycles. The van der Waals surface area contributed by atoms with Gasteiger partial charge in [-0.2, -0.15) is 0 Å². The third-order valence-corrected chi connectivity index (χ3v) is 4.44. The molecule has 1 aromatic heterocycles. The number of benzene rings is 1. The number of nitrogens with zero attached hydrogens (tertiary/aromatic N) is 2. The van der Waals surface area contributed by atoms with E-state index in [0.717, 1.165) is 16.4 Å². The van der Waals surface area contributed by atoms with E-state index in [0.29, 0.717) is 30.6 Å². The maximum Gasteiger partial charge on any atom is 0.195 e. The molecule has 2 N–H and O–H groups in total. The van der Waals surface area contributed by atoms with E-state index in [-0.39, 0.29) is 24.0 Å². The van der Waals surface area contributed by atoms with Crippen LogP contribution in [0.5, 0.6) is 11.5 Å². The van der Waals surface area contributed by atoms with E-state index in [4.69, 9.17) is 9.47 Å². The van der Waals surface area contributed by atoms with Gasteiger partial charge in [-0.05, 0) is 32.9 Å². The van der Waals surface area contributed by atoms with Crippen LogP contribution in [0.1, 0.15) is 22.5 Å². The summed E-state index contributed by atoms with van der Waals surface area (Å²) in [5, 5.41) is 7.64. The highest BCUT2D eigenvalue weighted by molar-refractivity contribution is 14.0. The van der Waals surface area contributed by atoms with Crippen LogP contribution < -0.4 is 20.1 Å². The van der Waals surface area contributed by atoms with Crippen LogP contribution in [-0.4, -0.2) is 31.7 Å². The van der Waals surface area contributed by atoms with Gasteiger partial charge in [-0.15, -0.1) is 35.3 Å². The van der Waals surface area contributed by atoms with Crippen molar-refractivity contribution in [3.8, 4) is 11.5 Å². The van der Waals surface area contributed by atoms with Gasteiger partial charge in [0.1, 0.15) is 0 Å². The van der Waals surface area contributed by atoms with Crippen molar-refractivity contribution in [1.29, 1.82) is 0 Å². The summed E-state index contributed by atoms with van der Waals surface area (Å²) in [7, 11) is 3.37. The summed E-state index contributed by atoms with van der Waals surface area (Å²) in [5.41, 5.74) is 1.94. The average Bonchev–Trinajstić information content (AvgIpc) is 2.89. The zero-order valence-corrected chi connectivity index (χ0v) is 18.3. The minimum absolute atomic E-state index is 0. The molecule has 0 atom stereocenters. The van der Waals surface area contributed by atoms with Crippen molar-refractivity contribution >= 4 is 47.0 Å². The van der Waals surface area contributed by atoms with Crippen molar-refractivity contribution in [3.05, 3.63) is 33.8 Å². The smallest absolute Gasteiger partial charge is 0.195 e. The molecule has 0 aliphatic carbocycles. The van der Waals surface area contributed by atoms with Gasteiger partial charge in [0.15, 0.2) is 17.5 Å². The molecule has 0 radical (unpaired) electrons. The molecule has 0 bridgehead atoms. The Kier molecular flexibility index (Phi) is 8.98. The molecule has 2 aromatic rings. The van der Waals surface area contributed by atoms with Crippen molar-refractivity contribution in [3.63, 3.8) is 0 Å². The average molecular weight is 476 g/mol. The highest BCUT2D eigenvalue weighted by atomic mass is 127. The number of aromatic nitrogens is 1. The molecule has 25 heavy (non-hydrogen) atoms. The van der Waals surface area contributed by atoms with E-state index >= 15 is 0 Å². The zero-order chi connectivity index (χ0) is 17.5.